The molecule has 0 saturated heterocycles. The fourth-order valence-corrected chi connectivity index (χ4v) is 4.05. The monoisotopic (exact) mass is 566 g/mol. The molecule has 5 atom stereocenters. The Hall–Kier alpha value is -4.75. The lowest BCUT2D eigenvalue weighted by atomic mass is 10.0. The van der Waals surface area contributed by atoms with E-state index in [1.165, 1.54) is 31.6 Å². The van der Waals surface area contributed by atoms with Crippen molar-refractivity contribution in [1.29, 1.82) is 0 Å². The van der Waals surface area contributed by atoms with E-state index in [0.29, 0.717) is 16.8 Å². The van der Waals surface area contributed by atoms with Gasteiger partial charge in [-0.1, -0.05) is 42.5 Å². The molecule has 3 amide bonds. The maximum atomic E-state index is 13.3. The van der Waals surface area contributed by atoms with Crippen LogP contribution in [-0.2, 0) is 38.4 Å². The number of hydrogen-bond acceptors (Lipinski definition) is 8. The van der Waals surface area contributed by atoms with Gasteiger partial charge in [0, 0.05) is 31.2 Å². The highest BCUT2D eigenvalue weighted by molar-refractivity contribution is 5.94. The smallest absolute Gasteiger partial charge is 0.326 e. The number of carbonyl (C=O) groups is 4. The number of aliphatic carboxylic acids is 1. The molecule has 0 radical (unpaired) electrons. The Morgan fingerprint density at radius 2 is 1.46 bits per heavy atom. The van der Waals surface area contributed by atoms with Crippen molar-refractivity contribution < 1.29 is 34.5 Å². The van der Waals surface area contributed by atoms with Gasteiger partial charge in [-0.25, -0.2) is 9.78 Å². The zero-order chi connectivity index (χ0) is 29.9. The summed E-state index contributed by atoms with van der Waals surface area (Å²) in [7, 11) is 0. The van der Waals surface area contributed by atoms with Gasteiger partial charge in [-0.2, -0.15) is 0 Å². The van der Waals surface area contributed by atoms with Crippen molar-refractivity contribution in [3.63, 3.8) is 0 Å². The second kappa shape index (κ2) is 14.6. The third kappa shape index (κ3) is 9.44. The van der Waals surface area contributed by atoms with E-state index in [2.05, 4.69) is 25.9 Å². The fourth-order valence-electron chi connectivity index (χ4n) is 4.05. The molecule has 0 aliphatic carbocycles. The molecule has 1 heterocycles. The number of nitrogens with two attached hydrogens (primary N) is 1. The number of aromatic amines is 1. The Labute approximate surface area is 236 Å². The number of carboxylic acid groups (broad SMARTS) is 1. The van der Waals surface area contributed by atoms with Crippen LogP contribution in [0.2, 0.25) is 0 Å². The Kier molecular flexibility index (Phi) is 11.0. The van der Waals surface area contributed by atoms with Crippen molar-refractivity contribution in [2.24, 2.45) is 5.73 Å². The number of phenolic OH excluding ortho intramolecular Hbond substituents is 1. The van der Waals surface area contributed by atoms with Gasteiger partial charge in [-0.15, -0.1) is 0 Å². The van der Waals surface area contributed by atoms with E-state index in [-0.39, 0.29) is 25.0 Å². The van der Waals surface area contributed by atoms with Gasteiger partial charge in [0.05, 0.1) is 18.5 Å². The molecule has 1 aromatic heterocycles. The Morgan fingerprint density at radius 1 is 0.854 bits per heavy atom. The van der Waals surface area contributed by atoms with Crippen LogP contribution < -0.4 is 21.7 Å². The molecule has 0 saturated carbocycles. The van der Waals surface area contributed by atoms with Gasteiger partial charge in [-0.05, 0) is 30.2 Å². The molecule has 41 heavy (non-hydrogen) atoms. The largest absolute Gasteiger partial charge is 0.508 e. The van der Waals surface area contributed by atoms with Crippen molar-refractivity contribution in [1.82, 2.24) is 25.9 Å². The minimum atomic E-state index is -1.47. The van der Waals surface area contributed by atoms with Crippen LogP contribution >= 0.6 is 0 Å². The number of hydrogen-bond donors (Lipinski definition) is 8. The summed E-state index contributed by atoms with van der Waals surface area (Å²) < 4.78 is 0. The molecule has 0 spiro atoms. The Bertz CT molecular complexity index is 1300. The summed E-state index contributed by atoms with van der Waals surface area (Å²) >= 11 is 0. The third-order valence-corrected chi connectivity index (χ3v) is 6.30. The van der Waals surface area contributed by atoms with Gasteiger partial charge >= 0.3 is 5.97 Å². The molecule has 0 fully saturated rings. The van der Waals surface area contributed by atoms with Gasteiger partial charge in [-0.3, -0.25) is 14.4 Å². The minimum absolute atomic E-state index is 0.00235. The summed E-state index contributed by atoms with van der Waals surface area (Å²) in [6.45, 7) is 1.29. The first kappa shape index (κ1) is 30.8. The van der Waals surface area contributed by atoms with E-state index in [1.54, 1.807) is 42.5 Å². The maximum absolute atomic E-state index is 13.3. The number of carbonyl (C=O) groups excluding carboxylic acids is 3. The number of imidazole rings is 1. The van der Waals surface area contributed by atoms with Crippen molar-refractivity contribution in [3.05, 3.63) is 83.9 Å². The highest BCUT2D eigenvalue weighted by atomic mass is 16.4. The summed E-state index contributed by atoms with van der Waals surface area (Å²) in [5, 5.41) is 37.0. The molecule has 13 nitrogen and oxygen atoms in total. The van der Waals surface area contributed by atoms with Gasteiger partial charge in [0.1, 0.15) is 23.9 Å². The van der Waals surface area contributed by atoms with Crippen LogP contribution in [0.25, 0.3) is 0 Å². The summed E-state index contributed by atoms with van der Waals surface area (Å²) in [6.07, 6.45) is 1.60. The quantitative estimate of drug-likeness (QED) is 0.125. The summed E-state index contributed by atoms with van der Waals surface area (Å²) in [6, 6.07) is 9.51. The number of aromatic hydroxyl groups is 1. The molecule has 3 aromatic rings. The number of nitrogens with zero attached hydrogens (tertiary/aromatic N) is 1. The number of aliphatic hydroxyl groups excluding tert-OH is 1. The van der Waals surface area contributed by atoms with Crippen molar-refractivity contribution in [3.8, 4) is 5.75 Å². The average Bonchev–Trinajstić information content (AvgIpc) is 3.45. The molecular formula is C28H34N6O7. The molecule has 9 N–H and O–H groups in total. The van der Waals surface area contributed by atoms with Crippen LogP contribution in [0.4, 0.5) is 0 Å². The molecule has 3 rings (SSSR count). The number of amides is 3. The molecule has 0 bridgehead atoms. The second-order valence-corrected chi connectivity index (χ2v) is 9.64. The average molecular weight is 567 g/mol. The van der Waals surface area contributed by atoms with Gasteiger partial charge in [0.15, 0.2) is 0 Å². The highest BCUT2D eigenvalue weighted by Crippen LogP contribution is 2.13. The fraction of sp³-hybridized carbons (Fsp3) is 0.321. The number of carboxylic acids is 1. The number of rotatable bonds is 14. The normalized spacial score (nSPS) is 14.6. The van der Waals surface area contributed by atoms with Crippen LogP contribution in [0.5, 0.6) is 5.75 Å². The number of aliphatic hydroxyl groups is 1. The van der Waals surface area contributed by atoms with E-state index in [4.69, 9.17) is 5.73 Å². The predicted octanol–water partition coefficient (Wildman–Crippen LogP) is -0.610. The molecule has 218 valence electrons. The van der Waals surface area contributed by atoms with Crippen LogP contribution in [-0.4, -0.2) is 79.2 Å². The van der Waals surface area contributed by atoms with Crippen molar-refractivity contribution in [2.45, 2.75) is 56.5 Å². The topological polar surface area (TPSA) is 220 Å². The number of aromatic nitrogens is 2. The zero-order valence-corrected chi connectivity index (χ0v) is 22.4. The molecule has 5 unspecified atom stereocenters. The molecule has 0 aliphatic heterocycles. The lowest BCUT2D eigenvalue weighted by Crippen LogP contribution is -2.60. The highest BCUT2D eigenvalue weighted by Gasteiger charge is 2.32. The Morgan fingerprint density at radius 3 is 2.05 bits per heavy atom. The standard InChI is InChI=1S/C28H34N6O7/c1-16(35)24(34-25(37)21(29)13-19-14-30-15-31-19)27(39)32-22(11-18-7-9-20(36)10-8-18)26(38)33-23(28(40)41)12-17-5-3-2-4-6-17/h2-10,14-16,21-24,35-36H,11-13,29H2,1H3,(H,30,31)(H,32,39)(H,33,38)(H,34,37)(H,40,41). The lowest BCUT2D eigenvalue weighted by Gasteiger charge is -2.26. The summed E-state index contributed by atoms with van der Waals surface area (Å²) in [5.41, 5.74) is 7.79. The Balaban J connectivity index is 1.76. The van der Waals surface area contributed by atoms with E-state index in [0.717, 1.165) is 0 Å². The van der Waals surface area contributed by atoms with Crippen LogP contribution in [0, 0.1) is 0 Å². The van der Waals surface area contributed by atoms with E-state index < -0.39 is 54.0 Å². The third-order valence-electron chi connectivity index (χ3n) is 6.30. The summed E-state index contributed by atoms with van der Waals surface area (Å²) in [4.78, 5) is 57.9. The number of nitrogens with one attached hydrogen (secondary N) is 4. The van der Waals surface area contributed by atoms with Gasteiger partial charge in [0.25, 0.3) is 0 Å². The van der Waals surface area contributed by atoms with Crippen LogP contribution in [0.15, 0.2) is 67.1 Å². The minimum Gasteiger partial charge on any atom is -0.508 e. The molecular weight excluding hydrogens is 532 g/mol. The molecule has 13 heteroatoms. The summed E-state index contributed by atoms with van der Waals surface area (Å²) in [5.74, 6) is -3.65. The molecule has 2 aromatic carbocycles. The first-order valence-corrected chi connectivity index (χ1v) is 12.9. The lowest BCUT2D eigenvalue weighted by molar-refractivity contribution is -0.142. The maximum Gasteiger partial charge on any atom is 0.326 e. The van der Waals surface area contributed by atoms with Crippen molar-refractivity contribution in [2.75, 3.05) is 0 Å². The van der Waals surface area contributed by atoms with Gasteiger partial charge < -0.3 is 42.0 Å². The SMILES string of the molecule is CC(O)C(NC(=O)C(N)Cc1cnc[nH]1)C(=O)NC(Cc1ccc(O)cc1)C(=O)NC(Cc1ccccc1)C(=O)O. The van der Waals surface area contributed by atoms with Gasteiger partial charge in [0.2, 0.25) is 17.7 Å². The van der Waals surface area contributed by atoms with E-state index in [9.17, 15) is 34.5 Å². The first-order valence-electron chi connectivity index (χ1n) is 12.9. The molecule has 0 aliphatic rings. The number of benzene rings is 2. The first-order chi connectivity index (χ1) is 19.5. The van der Waals surface area contributed by atoms with Crippen LogP contribution in [0.1, 0.15) is 23.7 Å². The number of H-pyrrole nitrogens is 1. The van der Waals surface area contributed by atoms with E-state index in [1.807, 2.05) is 0 Å². The van der Waals surface area contributed by atoms with E-state index >= 15 is 0 Å². The predicted molar refractivity (Wildman–Crippen MR) is 147 cm³/mol. The number of phenols is 1. The second-order valence-electron chi connectivity index (χ2n) is 9.64. The van der Waals surface area contributed by atoms with Crippen LogP contribution in [0.3, 0.4) is 0 Å². The zero-order valence-electron chi connectivity index (χ0n) is 22.4. The van der Waals surface area contributed by atoms with Crippen molar-refractivity contribution >= 4 is 23.7 Å².